The average Bonchev–Trinajstić information content (AvgIpc) is 3.49. The van der Waals surface area contributed by atoms with Crippen molar-refractivity contribution in [3.05, 3.63) is 46.7 Å². The summed E-state index contributed by atoms with van der Waals surface area (Å²) in [4.78, 5) is 16.2. The minimum atomic E-state index is 0.430. The molecule has 6 nitrogen and oxygen atoms in total. The number of thiophene rings is 1. The first-order chi connectivity index (χ1) is 14.8. The van der Waals surface area contributed by atoms with Crippen molar-refractivity contribution in [2.24, 2.45) is 5.92 Å². The number of aromatic nitrogens is 4. The van der Waals surface area contributed by atoms with Crippen LogP contribution in [-0.2, 0) is 13.0 Å². The van der Waals surface area contributed by atoms with Crippen LogP contribution in [-0.4, -0.2) is 44.2 Å². The first kappa shape index (κ1) is 18.5. The van der Waals surface area contributed by atoms with Crippen molar-refractivity contribution in [3.8, 4) is 10.6 Å². The molecule has 0 radical (unpaired) electrons. The highest BCUT2D eigenvalue weighted by atomic mass is 32.1. The summed E-state index contributed by atoms with van der Waals surface area (Å²) in [6, 6.07) is 5.26. The molecule has 3 aliphatic rings. The standard InChI is InChI=1S/C23H28N6S/c1-15-4-2-8-28(13-15)23-24-12-18-19(26-23)10-17-6-7-20(18)29(17)14-16-11-25-27-22(16)21-5-3-9-30-21/h3,5,9,11-12,15,17,20H,2,4,6-8,10,13-14H2,1H3,(H,25,27)/t15-,17-,20-/m1/s1. The van der Waals surface area contributed by atoms with Crippen LogP contribution >= 0.6 is 11.3 Å². The topological polar surface area (TPSA) is 60.9 Å². The fraction of sp³-hybridized carbons (Fsp3) is 0.522. The van der Waals surface area contributed by atoms with Crippen LogP contribution in [0.15, 0.2) is 29.9 Å². The smallest absolute Gasteiger partial charge is 0.225 e. The molecule has 0 amide bonds. The second kappa shape index (κ2) is 7.46. The Morgan fingerprint density at radius 3 is 3.07 bits per heavy atom. The Morgan fingerprint density at radius 1 is 1.23 bits per heavy atom. The lowest BCUT2D eigenvalue weighted by Gasteiger charge is -2.36. The van der Waals surface area contributed by atoms with E-state index in [-0.39, 0.29) is 0 Å². The highest BCUT2D eigenvalue weighted by Crippen LogP contribution is 2.44. The van der Waals surface area contributed by atoms with Crippen LogP contribution in [0.1, 0.15) is 55.5 Å². The number of hydrogen-bond donors (Lipinski definition) is 1. The predicted octanol–water partition coefficient (Wildman–Crippen LogP) is 4.43. The Bertz CT molecular complexity index is 1030. The van der Waals surface area contributed by atoms with Crippen LogP contribution < -0.4 is 4.90 Å². The molecule has 3 aromatic heterocycles. The molecule has 2 bridgehead atoms. The third-order valence-electron chi connectivity index (χ3n) is 7.10. The Labute approximate surface area is 181 Å². The maximum absolute atomic E-state index is 5.07. The molecule has 2 saturated heterocycles. The third kappa shape index (κ3) is 3.15. The summed E-state index contributed by atoms with van der Waals surface area (Å²) in [5.41, 5.74) is 5.09. The third-order valence-corrected chi connectivity index (χ3v) is 7.98. The van der Waals surface area contributed by atoms with E-state index < -0.39 is 0 Å². The van der Waals surface area contributed by atoms with Crippen LogP contribution in [0, 0.1) is 5.92 Å². The van der Waals surface area contributed by atoms with Crippen molar-refractivity contribution in [3.63, 3.8) is 0 Å². The van der Waals surface area contributed by atoms with Gasteiger partial charge in [-0.05, 0) is 43.0 Å². The van der Waals surface area contributed by atoms with Crippen LogP contribution in [0.25, 0.3) is 10.6 Å². The van der Waals surface area contributed by atoms with E-state index in [0.29, 0.717) is 12.1 Å². The number of hydrogen-bond acceptors (Lipinski definition) is 6. The molecule has 0 spiro atoms. The van der Waals surface area contributed by atoms with Gasteiger partial charge in [0.15, 0.2) is 0 Å². The molecule has 6 rings (SSSR count). The number of rotatable bonds is 4. The van der Waals surface area contributed by atoms with Crippen molar-refractivity contribution < 1.29 is 0 Å². The van der Waals surface area contributed by atoms with E-state index in [0.717, 1.165) is 37.9 Å². The molecular weight excluding hydrogens is 392 g/mol. The molecule has 3 aromatic rings. The summed E-state index contributed by atoms with van der Waals surface area (Å²) in [5, 5.41) is 9.69. The number of piperidine rings is 1. The second-order valence-electron chi connectivity index (χ2n) is 9.14. The van der Waals surface area contributed by atoms with Gasteiger partial charge in [0, 0.05) is 55.5 Å². The van der Waals surface area contributed by atoms with E-state index in [1.54, 1.807) is 11.3 Å². The van der Waals surface area contributed by atoms with Crippen molar-refractivity contribution in [2.75, 3.05) is 18.0 Å². The van der Waals surface area contributed by atoms with Gasteiger partial charge in [-0.25, -0.2) is 9.97 Å². The monoisotopic (exact) mass is 420 g/mol. The van der Waals surface area contributed by atoms with Gasteiger partial charge in [-0.2, -0.15) is 5.10 Å². The van der Waals surface area contributed by atoms with E-state index in [9.17, 15) is 0 Å². The fourth-order valence-corrected chi connectivity index (χ4v) is 6.35. The Kier molecular flexibility index (Phi) is 4.61. The molecule has 30 heavy (non-hydrogen) atoms. The summed E-state index contributed by atoms with van der Waals surface area (Å²) >= 11 is 1.76. The highest BCUT2D eigenvalue weighted by molar-refractivity contribution is 7.13. The van der Waals surface area contributed by atoms with Crippen LogP contribution in [0.3, 0.4) is 0 Å². The number of nitrogens with zero attached hydrogens (tertiary/aromatic N) is 5. The SMILES string of the molecule is C[C@@H]1CCCN(c2ncc3c(n2)C[C@H]2CC[C@H]3N2Cc2cn[nH]c2-c2cccs2)C1. The first-order valence-corrected chi connectivity index (χ1v) is 12.1. The van der Waals surface area contributed by atoms with Gasteiger partial charge >= 0.3 is 0 Å². The lowest BCUT2D eigenvalue weighted by atomic mass is 9.98. The Morgan fingerprint density at radius 2 is 2.20 bits per heavy atom. The summed E-state index contributed by atoms with van der Waals surface area (Å²) < 4.78 is 0. The molecular formula is C23H28N6S. The largest absolute Gasteiger partial charge is 0.341 e. The van der Waals surface area contributed by atoms with Gasteiger partial charge in [0.05, 0.1) is 22.5 Å². The molecule has 0 aliphatic carbocycles. The molecule has 0 aromatic carbocycles. The minimum absolute atomic E-state index is 0.430. The molecule has 7 heteroatoms. The normalized spacial score (nSPS) is 26.2. The van der Waals surface area contributed by atoms with Gasteiger partial charge < -0.3 is 4.90 Å². The number of anilines is 1. The van der Waals surface area contributed by atoms with E-state index in [2.05, 4.69) is 50.6 Å². The molecule has 6 heterocycles. The molecule has 1 N–H and O–H groups in total. The summed E-state index contributed by atoms with van der Waals surface area (Å²) in [5.74, 6) is 1.68. The predicted molar refractivity (Wildman–Crippen MR) is 120 cm³/mol. The molecule has 2 fully saturated rings. The number of fused-ring (bicyclic) bond motifs is 4. The summed E-state index contributed by atoms with van der Waals surface area (Å²) in [7, 11) is 0. The molecule has 3 atom stereocenters. The van der Waals surface area contributed by atoms with Gasteiger partial charge in [0.25, 0.3) is 0 Å². The Hall–Kier alpha value is -2.25. The second-order valence-corrected chi connectivity index (χ2v) is 10.1. The number of aromatic amines is 1. The zero-order valence-electron chi connectivity index (χ0n) is 17.4. The van der Waals surface area contributed by atoms with Crippen molar-refractivity contribution in [2.45, 2.75) is 57.7 Å². The maximum Gasteiger partial charge on any atom is 0.225 e. The molecule has 0 unspecified atom stereocenters. The van der Waals surface area contributed by atoms with Crippen LogP contribution in [0.5, 0.6) is 0 Å². The van der Waals surface area contributed by atoms with Crippen LogP contribution in [0.2, 0.25) is 0 Å². The summed E-state index contributed by atoms with van der Waals surface area (Å²) in [6.45, 7) is 5.45. The lowest BCUT2D eigenvalue weighted by Crippen LogP contribution is -2.39. The van der Waals surface area contributed by atoms with Gasteiger partial charge in [-0.1, -0.05) is 13.0 Å². The van der Waals surface area contributed by atoms with Gasteiger partial charge in [0.2, 0.25) is 5.95 Å². The minimum Gasteiger partial charge on any atom is -0.341 e. The first-order valence-electron chi connectivity index (χ1n) is 11.2. The Balaban J connectivity index is 1.26. The molecule has 3 aliphatic heterocycles. The number of nitrogens with one attached hydrogen (secondary N) is 1. The van der Waals surface area contributed by atoms with E-state index in [1.165, 1.54) is 53.1 Å². The maximum atomic E-state index is 5.07. The quantitative estimate of drug-likeness (QED) is 0.677. The van der Waals surface area contributed by atoms with E-state index >= 15 is 0 Å². The fourth-order valence-electron chi connectivity index (χ4n) is 5.60. The molecule has 156 valence electrons. The van der Waals surface area contributed by atoms with Crippen molar-refractivity contribution >= 4 is 17.3 Å². The van der Waals surface area contributed by atoms with E-state index in [4.69, 9.17) is 9.97 Å². The number of H-pyrrole nitrogens is 1. The van der Waals surface area contributed by atoms with Gasteiger partial charge in [-0.15, -0.1) is 11.3 Å². The van der Waals surface area contributed by atoms with Gasteiger partial charge in [0.1, 0.15) is 0 Å². The van der Waals surface area contributed by atoms with Crippen molar-refractivity contribution in [1.82, 2.24) is 25.1 Å². The highest BCUT2D eigenvalue weighted by Gasteiger charge is 2.41. The summed E-state index contributed by atoms with van der Waals surface area (Å²) in [6.07, 6.45) is 10.2. The average molecular weight is 421 g/mol. The van der Waals surface area contributed by atoms with Crippen LogP contribution in [0.4, 0.5) is 5.95 Å². The lowest BCUT2D eigenvalue weighted by molar-refractivity contribution is 0.166. The van der Waals surface area contributed by atoms with Crippen molar-refractivity contribution in [1.29, 1.82) is 0 Å². The zero-order valence-corrected chi connectivity index (χ0v) is 18.2. The zero-order chi connectivity index (χ0) is 20.1. The van der Waals surface area contributed by atoms with Gasteiger partial charge in [-0.3, -0.25) is 10.00 Å². The van der Waals surface area contributed by atoms with E-state index in [1.807, 2.05) is 6.20 Å². The molecule has 0 saturated carbocycles.